The van der Waals surface area contributed by atoms with E-state index in [4.69, 9.17) is 0 Å². The summed E-state index contributed by atoms with van der Waals surface area (Å²) in [7, 11) is 1.89. The molecule has 0 atom stereocenters. The summed E-state index contributed by atoms with van der Waals surface area (Å²) < 4.78 is 0. The number of amidine groups is 1. The number of hydrazine groups is 2. The van der Waals surface area contributed by atoms with Crippen molar-refractivity contribution in [1.29, 1.82) is 0 Å². The first-order valence-electron chi connectivity index (χ1n) is 4.02. The lowest BCUT2D eigenvalue weighted by molar-refractivity contribution is 0.577. The predicted octanol–water partition coefficient (Wildman–Crippen LogP) is 0.00230. The lowest BCUT2D eigenvalue weighted by atomic mass is 10.2. The van der Waals surface area contributed by atoms with Gasteiger partial charge in [0.15, 0.2) is 5.84 Å². The fourth-order valence-corrected chi connectivity index (χ4v) is 1.16. The first kappa shape index (κ1) is 7.88. The minimum atomic E-state index is 0.789. The average Bonchev–Trinajstić information content (AvgIpc) is 2.71. The number of anilines is 1. The van der Waals surface area contributed by atoms with Crippen molar-refractivity contribution >= 4 is 11.5 Å². The quantitative estimate of drug-likeness (QED) is 0.513. The highest BCUT2D eigenvalue weighted by atomic mass is 15.8. The summed E-state index contributed by atoms with van der Waals surface area (Å²) in [6.07, 6.45) is 0. The molecule has 1 aromatic carbocycles. The number of benzene rings is 1. The van der Waals surface area contributed by atoms with Gasteiger partial charge in [-0.05, 0) is 12.1 Å². The van der Waals surface area contributed by atoms with Crippen molar-refractivity contribution in [3.8, 4) is 0 Å². The molecule has 2 rings (SSSR count). The highest BCUT2D eigenvalue weighted by Crippen LogP contribution is 2.09. The summed E-state index contributed by atoms with van der Waals surface area (Å²) >= 11 is 0. The number of hydrogen-bond donors (Lipinski definition) is 4. The van der Waals surface area contributed by atoms with Gasteiger partial charge in [-0.15, -0.1) is 10.6 Å². The zero-order valence-corrected chi connectivity index (χ0v) is 7.26. The maximum atomic E-state index is 4.00. The zero-order chi connectivity index (χ0) is 9.10. The van der Waals surface area contributed by atoms with Gasteiger partial charge in [0.2, 0.25) is 0 Å². The Hall–Kier alpha value is -1.75. The van der Waals surface area contributed by atoms with Gasteiger partial charge in [0.05, 0.1) is 0 Å². The molecule has 0 aliphatic carbocycles. The summed E-state index contributed by atoms with van der Waals surface area (Å²) in [6, 6.07) is 7.98. The van der Waals surface area contributed by atoms with E-state index in [2.05, 4.69) is 26.9 Å². The van der Waals surface area contributed by atoms with Gasteiger partial charge in [-0.25, -0.2) is 5.53 Å². The van der Waals surface area contributed by atoms with Crippen molar-refractivity contribution in [1.82, 2.24) is 16.5 Å². The van der Waals surface area contributed by atoms with E-state index in [0.29, 0.717) is 0 Å². The largest absolute Gasteiger partial charge is 0.388 e. The molecule has 0 radical (unpaired) electrons. The summed E-state index contributed by atoms with van der Waals surface area (Å²) in [5.41, 5.74) is 10.3. The van der Waals surface area contributed by atoms with Crippen LogP contribution in [0.3, 0.4) is 0 Å². The molecular weight excluding hydrogens is 166 g/mol. The van der Waals surface area contributed by atoms with Crippen LogP contribution in [0, 0.1) is 0 Å². The highest BCUT2D eigenvalue weighted by Gasteiger charge is 2.06. The Labute approximate surface area is 76.2 Å². The Kier molecular flexibility index (Phi) is 2.01. The SMILES string of the molecule is CNc1cccc(C2=NNNN2)c1. The highest BCUT2D eigenvalue weighted by molar-refractivity contribution is 5.99. The molecular formula is C8H11N5. The number of nitrogens with one attached hydrogen (secondary N) is 4. The smallest absolute Gasteiger partial charge is 0.170 e. The normalized spacial score (nSPS) is 14.4. The fourth-order valence-electron chi connectivity index (χ4n) is 1.16. The third-order valence-electron chi connectivity index (χ3n) is 1.83. The van der Waals surface area contributed by atoms with Crippen molar-refractivity contribution in [2.75, 3.05) is 12.4 Å². The molecule has 13 heavy (non-hydrogen) atoms. The van der Waals surface area contributed by atoms with Gasteiger partial charge in [-0.2, -0.15) is 0 Å². The monoisotopic (exact) mass is 177 g/mol. The van der Waals surface area contributed by atoms with Crippen LogP contribution in [0.15, 0.2) is 29.4 Å². The third-order valence-corrected chi connectivity index (χ3v) is 1.83. The fraction of sp³-hybridized carbons (Fsp3) is 0.125. The maximum absolute atomic E-state index is 4.00. The second kappa shape index (κ2) is 3.32. The van der Waals surface area contributed by atoms with Gasteiger partial charge in [-0.1, -0.05) is 12.1 Å². The average molecular weight is 177 g/mol. The van der Waals surface area contributed by atoms with Crippen LogP contribution in [0.5, 0.6) is 0 Å². The molecule has 1 aliphatic rings. The molecule has 1 aromatic rings. The molecule has 5 heteroatoms. The van der Waals surface area contributed by atoms with Crippen molar-refractivity contribution < 1.29 is 0 Å². The molecule has 0 fully saturated rings. The van der Waals surface area contributed by atoms with Gasteiger partial charge in [-0.3, -0.25) is 5.43 Å². The van der Waals surface area contributed by atoms with Gasteiger partial charge in [0.1, 0.15) is 0 Å². The van der Waals surface area contributed by atoms with Crippen molar-refractivity contribution in [3.63, 3.8) is 0 Å². The minimum Gasteiger partial charge on any atom is -0.388 e. The molecule has 4 N–H and O–H groups in total. The lowest BCUT2D eigenvalue weighted by Crippen LogP contribution is -2.35. The van der Waals surface area contributed by atoms with Gasteiger partial charge < -0.3 is 5.32 Å². The Balaban J connectivity index is 2.29. The number of rotatable bonds is 2. The van der Waals surface area contributed by atoms with E-state index in [1.165, 1.54) is 0 Å². The molecule has 0 aromatic heterocycles. The van der Waals surface area contributed by atoms with Crippen LogP contribution in [0.25, 0.3) is 0 Å². The van der Waals surface area contributed by atoms with E-state index >= 15 is 0 Å². The molecule has 1 aliphatic heterocycles. The van der Waals surface area contributed by atoms with Crippen LogP contribution in [0.4, 0.5) is 5.69 Å². The number of hydrogen-bond acceptors (Lipinski definition) is 5. The van der Waals surface area contributed by atoms with Crippen LogP contribution < -0.4 is 21.8 Å². The number of hydrazone groups is 1. The van der Waals surface area contributed by atoms with Crippen LogP contribution >= 0.6 is 0 Å². The van der Waals surface area contributed by atoms with E-state index in [-0.39, 0.29) is 0 Å². The van der Waals surface area contributed by atoms with Crippen molar-refractivity contribution in [2.24, 2.45) is 5.10 Å². The standard InChI is InChI=1S/C8H11N5/c1-9-7-4-2-3-6(5-7)8-10-12-13-11-8/h2-5,9,12-13H,1H3,(H,10,11). The maximum Gasteiger partial charge on any atom is 0.170 e. The topological polar surface area (TPSA) is 60.5 Å². The van der Waals surface area contributed by atoms with Crippen LogP contribution in [-0.2, 0) is 0 Å². The van der Waals surface area contributed by atoms with E-state index in [0.717, 1.165) is 17.1 Å². The summed E-state index contributed by atoms with van der Waals surface area (Å²) in [5.74, 6) is 0.789. The second-order valence-corrected chi connectivity index (χ2v) is 2.65. The third kappa shape index (κ3) is 1.54. The Morgan fingerprint density at radius 3 is 3.00 bits per heavy atom. The van der Waals surface area contributed by atoms with Gasteiger partial charge in [0.25, 0.3) is 0 Å². The molecule has 5 nitrogen and oxygen atoms in total. The lowest BCUT2D eigenvalue weighted by Gasteiger charge is -2.03. The Morgan fingerprint density at radius 1 is 1.38 bits per heavy atom. The first-order valence-corrected chi connectivity index (χ1v) is 4.02. The molecule has 0 bridgehead atoms. The molecule has 0 spiro atoms. The minimum absolute atomic E-state index is 0.789. The molecule has 68 valence electrons. The summed E-state index contributed by atoms with van der Waals surface area (Å²) in [5, 5.41) is 7.07. The van der Waals surface area contributed by atoms with Gasteiger partial charge >= 0.3 is 0 Å². The van der Waals surface area contributed by atoms with E-state index < -0.39 is 0 Å². The molecule has 0 saturated carbocycles. The van der Waals surface area contributed by atoms with E-state index in [9.17, 15) is 0 Å². The summed E-state index contributed by atoms with van der Waals surface area (Å²) in [4.78, 5) is 0. The van der Waals surface area contributed by atoms with Crippen LogP contribution in [-0.4, -0.2) is 12.9 Å². The van der Waals surface area contributed by atoms with Crippen molar-refractivity contribution in [2.45, 2.75) is 0 Å². The molecule has 0 amide bonds. The Bertz CT molecular complexity index is 333. The zero-order valence-electron chi connectivity index (χ0n) is 7.26. The molecule has 1 heterocycles. The van der Waals surface area contributed by atoms with E-state index in [1.807, 2.05) is 31.3 Å². The first-order chi connectivity index (χ1) is 6.40. The Morgan fingerprint density at radius 2 is 2.31 bits per heavy atom. The van der Waals surface area contributed by atoms with E-state index in [1.54, 1.807) is 0 Å². The summed E-state index contributed by atoms with van der Waals surface area (Å²) in [6.45, 7) is 0. The molecule has 0 saturated heterocycles. The van der Waals surface area contributed by atoms with Gasteiger partial charge in [0, 0.05) is 18.3 Å². The second-order valence-electron chi connectivity index (χ2n) is 2.65. The number of nitrogens with zero attached hydrogens (tertiary/aromatic N) is 1. The van der Waals surface area contributed by atoms with Crippen LogP contribution in [0.2, 0.25) is 0 Å². The van der Waals surface area contributed by atoms with Crippen molar-refractivity contribution in [3.05, 3.63) is 29.8 Å². The van der Waals surface area contributed by atoms with Crippen LogP contribution in [0.1, 0.15) is 5.56 Å². The predicted molar refractivity (Wildman–Crippen MR) is 51.9 cm³/mol. The molecule has 0 unspecified atom stereocenters.